The predicted octanol–water partition coefficient (Wildman–Crippen LogP) is 2.43. The van der Waals surface area contributed by atoms with Gasteiger partial charge in [-0.1, -0.05) is 0 Å². The topological polar surface area (TPSA) is 33.7 Å². The Bertz CT molecular complexity index is 349. The van der Waals surface area contributed by atoms with Crippen molar-refractivity contribution in [2.24, 2.45) is 5.41 Å². The number of hydrogen-bond donors (Lipinski definition) is 1. The summed E-state index contributed by atoms with van der Waals surface area (Å²) in [5, 5.41) is 3.74. The molecule has 0 spiro atoms. The van der Waals surface area contributed by atoms with Gasteiger partial charge in [0.15, 0.2) is 0 Å². The summed E-state index contributed by atoms with van der Waals surface area (Å²) in [6.45, 7) is 12.3. The molecule has 128 valence electrons. The number of nitrogens with one attached hydrogen (secondary N) is 1. The molecule has 0 aromatic heterocycles. The fraction of sp³-hybridized carbons (Fsp3) is 1.00. The highest BCUT2D eigenvalue weighted by Crippen LogP contribution is 2.39. The van der Waals surface area contributed by atoms with E-state index in [1.165, 1.54) is 51.7 Å². The van der Waals surface area contributed by atoms with Crippen LogP contribution in [0, 0.1) is 5.41 Å². The summed E-state index contributed by atoms with van der Waals surface area (Å²) in [7, 11) is 0. The maximum Gasteiger partial charge on any atom is 0.0700 e. The van der Waals surface area contributed by atoms with Crippen molar-refractivity contribution in [3.05, 3.63) is 0 Å². The molecule has 0 saturated carbocycles. The monoisotopic (exact) mass is 310 g/mol. The minimum atomic E-state index is 0.0174. The van der Waals surface area contributed by atoms with Crippen molar-refractivity contribution in [3.8, 4) is 0 Å². The van der Waals surface area contributed by atoms with Crippen LogP contribution in [-0.4, -0.2) is 62.5 Å². The van der Waals surface area contributed by atoms with Gasteiger partial charge in [-0.25, -0.2) is 0 Å². The molecule has 0 aromatic carbocycles. The zero-order valence-electron chi connectivity index (χ0n) is 14.5. The maximum atomic E-state index is 5.99. The summed E-state index contributed by atoms with van der Waals surface area (Å²) >= 11 is 0. The van der Waals surface area contributed by atoms with Gasteiger partial charge in [0.05, 0.1) is 11.7 Å². The highest BCUT2D eigenvalue weighted by atomic mass is 16.5. The van der Waals surface area contributed by atoms with Crippen molar-refractivity contribution in [2.45, 2.75) is 64.1 Å². The molecule has 3 fully saturated rings. The average Bonchev–Trinajstić information content (AvgIpc) is 3.11. The fourth-order valence-electron chi connectivity index (χ4n) is 4.65. The van der Waals surface area contributed by atoms with Gasteiger partial charge >= 0.3 is 0 Å². The third-order valence-electron chi connectivity index (χ3n) is 5.58. The zero-order chi connectivity index (χ0) is 15.5. The predicted molar refractivity (Wildman–Crippen MR) is 89.2 cm³/mol. The van der Waals surface area contributed by atoms with Gasteiger partial charge in [-0.3, -0.25) is 0 Å². The van der Waals surface area contributed by atoms with E-state index < -0.39 is 0 Å². The van der Waals surface area contributed by atoms with E-state index in [-0.39, 0.29) is 5.60 Å². The molecule has 3 saturated heterocycles. The molecule has 3 rings (SSSR count). The molecule has 3 aliphatic heterocycles. The number of rotatable bonds is 6. The summed E-state index contributed by atoms with van der Waals surface area (Å²) in [5.41, 5.74) is 0.383. The van der Waals surface area contributed by atoms with Gasteiger partial charge in [-0.15, -0.1) is 0 Å². The van der Waals surface area contributed by atoms with Crippen LogP contribution in [0.2, 0.25) is 0 Å². The molecule has 0 amide bonds. The molecule has 4 nitrogen and oxygen atoms in total. The molecular weight excluding hydrogens is 276 g/mol. The first-order chi connectivity index (χ1) is 10.6. The van der Waals surface area contributed by atoms with Crippen LogP contribution in [0.1, 0.15) is 52.4 Å². The van der Waals surface area contributed by atoms with Crippen LogP contribution >= 0.6 is 0 Å². The van der Waals surface area contributed by atoms with E-state index in [0.717, 1.165) is 32.7 Å². The first-order valence-corrected chi connectivity index (χ1v) is 9.26. The third kappa shape index (κ3) is 4.44. The van der Waals surface area contributed by atoms with Gasteiger partial charge < -0.3 is 19.7 Å². The highest BCUT2D eigenvalue weighted by molar-refractivity contribution is 4.94. The normalized spacial score (nSPS) is 36.0. The third-order valence-corrected chi connectivity index (χ3v) is 5.58. The van der Waals surface area contributed by atoms with Crippen molar-refractivity contribution in [2.75, 3.05) is 45.9 Å². The molecule has 3 aliphatic rings. The highest BCUT2D eigenvalue weighted by Gasteiger charge is 2.42. The Labute approximate surface area is 135 Å². The van der Waals surface area contributed by atoms with Crippen LogP contribution in [0.3, 0.4) is 0 Å². The van der Waals surface area contributed by atoms with Crippen LogP contribution in [0.25, 0.3) is 0 Å². The Morgan fingerprint density at radius 3 is 2.64 bits per heavy atom. The van der Waals surface area contributed by atoms with Crippen LogP contribution in [-0.2, 0) is 9.47 Å². The van der Waals surface area contributed by atoms with Crippen LogP contribution in [0.15, 0.2) is 0 Å². The van der Waals surface area contributed by atoms with E-state index in [0.29, 0.717) is 11.5 Å². The summed E-state index contributed by atoms with van der Waals surface area (Å²) in [6, 6.07) is 0. The summed E-state index contributed by atoms with van der Waals surface area (Å²) in [5.74, 6) is 0. The van der Waals surface area contributed by atoms with Crippen LogP contribution < -0.4 is 5.32 Å². The first-order valence-electron chi connectivity index (χ1n) is 9.26. The molecule has 0 aliphatic carbocycles. The second-order valence-corrected chi connectivity index (χ2v) is 8.28. The number of nitrogens with zero attached hydrogens (tertiary/aromatic N) is 1. The van der Waals surface area contributed by atoms with Gasteiger partial charge in [-0.2, -0.15) is 0 Å². The Balaban J connectivity index is 1.57. The van der Waals surface area contributed by atoms with Crippen molar-refractivity contribution in [1.82, 2.24) is 10.2 Å². The van der Waals surface area contributed by atoms with E-state index in [9.17, 15) is 0 Å². The Morgan fingerprint density at radius 1 is 1.14 bits per heavy atom. The standard InChI is InChI=1S/C18H34N2O2/c1-17(2)13-18(7-11-22-17,15-20-8-3-4-9-20)14-19-12-16-6-5-10-21-16/h16,19H,3-15H2,1-2H3. The van der Waals surface area contributed by atoms with Gasteiger partial charge in [0.1, 0.15) is 0 Å². The minimum Gasteiger partial charge on any atom is -0.377 e. The zero-order valence-corrected chi connectivity index (χ0v) is 14.5. The molecule has 1 N–H and O–H groups in total. The Hall–Kier alpha value is -0.160. The molecule has 22 heavy (non-hydrogen) atoms. The molecule has 3 heterocycles. The smallest absolute Gasteiger partial charge is 0.0700 e. The summed E-state index contributed by atoms with van der Waals surface area (Å²) in [4.78, 5) is 2.68. The van der Waals surface area contributed by atoms with Gasteiger partial charge in [0.2, 0.25) is 0 Å². The molecule has 0 radical (unpaired) electrons. The average molecular weight is 310 g/mol. The van der Waals surface area contributed by atoms with E-state index in [1.807, 2.05) is 0 Å². The quantitative estimate of drug-likeness (QED) is 0.817. The van der Waals surface area contributed by atoms with Crippen molar-refractivity contribution in [1.29, 1.82) is 0 Å². The van der Waals surface area contributed by atoms with Gasteiger partial charge in [-0.05, 0) is 65.5 Å². The Morgan fingerprint density at radius 2 is 1.95 bits per heavy atom. The molecule has 2 atom stereocenters. The Kier molecular flexibility index (Phi) is 5.43. The summed E-state index contributed by atoms with van der Waals surface area (Å²) < 4.78 is 11.7. The second-order valence-electron chi connectivity index (χ2n) is 8.28. The van der Waals surface area contributed by atoms with Crippen molar-refractivity contribution in [3.63, 3.8) is 0 Å². The van der Waals surface area contributed by atoms with Crippen LogP contribution in [0.4, 0.5) is 0 Å². The van der Waals surface area contributed by atoms with E-state index in [2.05, 4.69) is 24.1 Å². The lowest BCUT2D eigenvalue weighted by Crippen LogP contribution is -2.52. The lowest BCUT2D eigenvalue weighted by atomic mass is 9.73. The minimum absolute atomic E-state index is 0.0174. The maximum absolute atomic E-state index is 5.99. The second kappa shape index (κ2) is 7.16. The molecule has 2 unspecified atom stereocenters. The number of likely N-dealkylation sites (tertiary alicyclic amines) is 1. The molecule has 0 aromatic rings. The van der Waals surface area contributed by atoms with Crippen molar-refractivity contribution >= 4 is 0 Å². The summed E-state index contributed by atoms with van der Waals surface area (Å²) in [6.07, 6.45) is 7.99. The fourth-order valence-corrected chi connectivity index (χ4v) is 4.65. The SMILES string of the molecule is CC1(C)CC(CNCC2CCCO2)(CN2CCCC2)CCO1. The number of ether oxygens (including phenoxy) is 2. The van der Waals surface area contributed by atoms with Crippen molar-refractivity contribution < 1.29 is 9.47 Å². The number of hydrogen-bond acceptors (Lipinski definition) is 4. The van der Waals surface area contributed by atoms with E-state index in [1.54, 1.807) is 0 Å². The first kappa shape index (κ1) is 16.7. The largest absolute Gasteiger partial charge is 0.377 e. The molecule has 4 heteroatoms. The van der Waals surface area contributed by atoms with Gasteiger partial charge in [0.25, 0.3) is 0 Å². The van der Waals surface area contributed by atoms with Crippen LogP contribution in [0.5, 0.6) is 0 Å². The lowest BCUT2D eigenvalue weighted by Gasteiger charge is -2.47. The molecule has 0 bridgehead atoms. The van der Waals surface area contributed by atoms with E-state index in [4.69, 9.17) is 9.47 Å². The van der Waals surface area contributed by atoms with Gasteiger partial charge in [0, 0.05) is 38.3 Å². The lowest BCUT2D eigenvalue weighted by molar-refractivity contribution is -0.110. The molecular formula is C18H34N2O2. The van der Waals surface area contributed by atoms with E-state index >= 15 is 0 Å².